The highest BCUT2D eigenvalue weighted by Crippen LogP contribution is 2.19. The zero-order valence-corrected chi connectivity index (χ0v) is 14.9. The van der Waals surface area contributed by atoms with Crippen molar-refractivity contribution in [1.29, 1.82) is 0 Å². The first-order valence-electron chi connectivity index (χ1n) is 9.15. The number of pyridine rings is 1. The van der Waals surface area contributed by atoms with Crippen LogP contribution >= 0.6 is 0 Å². The average Bonchev–Trinajstić information content (AvgIpc) is 3.38. The highest BCUT2D eigenvalue weighted by atomic mass is 19.1. The Morgan fingerprint density at radius 1 is 1.26 bits per heavy atom. The summed E-state index contributed by atoms with van der Waals surface area (Å²) < 4.78 is 13.3. The number of halogens is 1. The van der Waals surface area contributed by atoms with Crippen molar-refractivity contribution in [2.24, 2.45) is 5.16 Å². The van der Waals surface area contributed by atoms with E-state index in [2.05, 4.69) is 20.4 Å². The van der Waals surface area contributed by atoms with E-state index < -0.39 is 6.10 Å². The Hall–Kier alpha value is -2.96. The van der Waals surface area contributed by atoms with E-state index in [9.17, 15) is 9.18 Å². The first kappa shape index (κ1) is 17.5. The van der Waals surface area contributed by atoms with E-state index in [4.69, 9.17) is 4.84 Å². The van der Waals surface area contributed by atoms with Gasteiger partial charge in [-0.05, 0) is 36.6 Å². The number of aromatic nitrogens is 1. The summed E-state index contributed by atoms with van der Waals surface area (Å²) in [6, 6.07) is 10.1. The standard InChI is InChI=1S/C20H21FN4O2/c21-16-5-3-4-15(10-16)17-11-18(27-24-17)20(26)23-13-14-6-7-19(22-12-14)25-8-1-2-9-25/h3-7,10,12,18H,1-2,8-9,11,13H2,(H,23,26)/t18-/m0/s1. The van der Waals surface area contributed by atoms with Crippen molar-refractivity contribution in [3.63, 3.8) is 0 Å². The van der Waals surface area contributed by atoms with Crippen molar-refractivity contribution in [2.75, 3.05) is 18.0 Å². The first-order chi connectivity index (χ1) is 13.2. The predicted molar refractivity (Wildman–Crippen MR) is 100.0 cm³/mol. The second kappa shape index (κ2) is 7.73. The van der Waals surface area contributed by atoms with Crippen LogP contribution in [-0.4, -0.2) is 35.8 Å². The maximum atomic E-state index is 13.3. The molecule has 0 unspecified atom stereocenters. The van der Waals surface area contributed by atoms with Crippen LogP contribution in [0.15, 0.2) is 47.8 Å². The Morgan fingerprint density at radius 2 is 2.11 bits per heavy atom. The molecule has 1 N–H and O–H groups in total. The van der Waals surface area contributed by atoms with Gasteiger partial charge in [-0.1, -0.05) is 23.4 Å². The van der Waals surface area contributed by atoms with E-state index in [-0.39, 0.29) is 11.7 Å². The number of carbonyl (C=O) groups excluding carboxylic acids is 1. The Balaban J connectivity index is 1.29. The van der Waals surface area contributed by atoms with Gasteiger partial charge in [-0.2, -0.15) is 0 Å². The third-order valence-corrected chi connectivity index (χ3v) is 4.83. The van der Waals surface area contributed by atoms with Gasteiger partial charge in [0.25, 0.3) is 5.91 Å². The molecule has 6 nitrogen and oxygen atoms in total. The molecule has 140 valence electrons. The Morgan fingerprint density at radius 3 is 2.85 bits per heavy atom. The van der Waals surface area contributed by atoms with E-state index in [0.29, 0.717) is 24.2 Å². The SMILES string of the molecule is O=C(NCc1ccc(N2CCCC2)nc1)[C@@H]1CC(c2cccc(F)c2)=NO1. The number of hydrogen-bond acceptors (Lipinski definition) is 5. The fourth-order valence-corrected chi connectivity index (χ4v) is 3.31. The van der Waals surface area contributed by atoms with Crippen molar-refractivity contribution in [3.8, 4) is 0 Å². The molecule has 1 aromatic carbocycles. The molecule has 2 aliphatic rings. The summed E-state index contributed by atoms with van der Waals surface area (Å²) in [7, 11) is 0. The lowest BCUT2D eigenvalue weighted by Crippen LogP contribution is -2.34. The summed E-state index contributed by atoms with van der Waals surface area (Å²) in [4.78, 5) is 24.3. The second-order valence-electron chi connectivity index (χ2n) is 6.78. The number of benzene rings is 1. The summed E-state index contributed by atoms with van der Waals surface area (Å²) in [6.45, 7) is 2.48. The van der Waals surface area contributed by atoms with Gasteiger partial charge < -0.3 is 15.1 Å². The molecule has 27 heavy (non-hydrogen) atoms. The molecule has 7 heteroatoms. The number of carbonyl (C=O) groups is 1. The molecule has 1 atom stereocenters. The number of anilines is 1. The third-order valence-electron chi connectivity index (χ3n) is 4.83. The van der Waals surface area contributed by atoms with Crippen molar-refractivity contribution in [1.82, 2.24) is 10.3 Å². The zero-order chi connectivity index (χ0) is 18.6. The third kappa shape index (κ3) is 4.07. The van der Waals surface area contributed by atoms with E-state index in [1.807, 2.05) is 12.1 Å². The minimum Gasteiger partial charge on any atom is -0.382 e. The number of rotatable bonds is 5. The second-order valence-corrected chi connectivity index (χ2v) is 6.78. The van der Waals surface area contributed by atoms with Crippen molar-refractivity contribution >= 4 is 17.4 Å². The molecule has 2 aromatic rings. The van der Waals surface area contributed by atoms with Crippen LogP contribution in [0, 0.1) is 5.82 Å². The molecule has 1 aromatic heterocycles. The van der Waals surface area contributed by atoms with E-state index in [0.717, 1.165) is 24.5 Å². The van der Waals surface area contributed by atoms with Crippen LogP contribution < -0.4 is 10.2 Å². The fourth-order valence-electron chi connectivity index (χ4n) is 3.31. The summed E-state index contributed by atoms with van der Waals surface area (Å²) in [6.07, 6.45) is 3.83. The van der Waals surface area contributed by atoms with Gasteiger partial charge in [0, 0.05) is 37.8 Å². The van der Waals surface area contributed by atoms with Gasteiger partial charge in [0.15, 0.2) is 0 Å². The van der Waals surface area contributed by atoms with Crippen molar-refractivity contribution in [3.05, 3.63) is 59.5 Å². The molecule has 1 saturated heterocycles. The lowest BCUT2D eigenvalue weighted by molar-refractivity contribution is -0.131. The van der Waals surface area contributed by atoms with Gasteiger partial charge in [-0.3, -0.25) is 4.79 Å². The highest BCUT2D eigenvalue weighted by molar-refractivity contribution is 6.04. The lowest BCUT2D eigenvalue weighted by atomic mass is 10.0. The van der Waals surface area contributed by atoms with Crippen LogP contribution in [0.2, 0.25) is 0 Å². The number of oxime groups is 1. The highest BCUT2D eigenvalue weighted by Gasteiger charge is 2.28. The van der Waals surface area contributed by atoms with Crippen molar-refractivity contribution < 1.29 is 14.0 Å². The minimum atomic E-state index is -0.694. The van der Waals surface area contributed by atoms with E-state index in [1.165, 1.54) is 25.0 Å². The number of hydrogen-bond donors (Lipinski definition) is 1. The van der Waals surface area contributed by atoms with Gasteiger partial charge in [0.05, 0.1) is 5.71 Å². The largest absolute Gasteiger partial charge is 0.382 e. The summed E-state index contributed by atoms with van der Waals surface area (Å²) in [5.74, 6) is 0.400. The van der Waals surface area contributed by atoms with Gasteiger partial charge in [-0.15, -0.1) is 0 Å². The molecule has 4 rings (SSSR count). The predicted octanol–water partition coefficient (Wildman–Crippen LogP) is 2.63. The Kier molecular flexibility index (Phi) is 5.00. The normalized spacial score (nSPS) is 18.9. The molecular formula is C20H21FN4O2. The summed E-state index contributed by atoms with van der Waals surface area (Å²) in [5, 5.41) is 6.78. The van der Waals surface area contributed by atoms with Gasteiger partial charge in [0.2, 0.25) is 6.10 Å². The molecule has 3 heterocycles. The lowest BCUT2D eigenvalue weighted by Gasteiger charge is -2.16. The minimum absolute atomic E-state index is 0.242. The van der Waals surface area contributed by atoms with Gasteiger partial charge in [0.1, 0.15) is 11.6 Å². The molecule has 2 aliphatic heterocycles. The van der Waals surface area contributed by atoms with Crippen LogP contribution in [0.4, 0.5) is 10.2 Å². The summed E-state index contributed by atoms with van der Waals surface area (Å²) in [5.41, 5.74) is 2.13. The Labute approximate surface area is 157 Å². The molecule has 0 bridgehead atoms. The van der Waals surface area contributed by atoms with Crippen LogP contribution in [0.5, 0.6) is 0 Å². The van der Waals surface area contributed by atoms with Crippen LogP contribution in [0.25, 0.3) is 0 Å². The van der Waals surface area contributed by atoms with E-state index in [1.54, 1.807) is 18.3 Å². The van der Waals surface area contributed by atoms with Gasteiger partial charge >= 0.3 is 0 Å². The topological polar surface area (TPSA) is 66.8 Å². The maximum Gasteiger partial charge on any atom is 0.264 e. The van der Waals surface area contributed by atoms with Crippen LogP contribution in [0.3, 0.4) is 0 Å². The molecule has 0 radical (unpaired) electrons. The van der Waals surface area contributed by atoms with Gasteiger partial charge in [-0.25, -0.2) is 9.37 Å². The monoisotopic (exact) mass is 368 g/mol. The molecular weight excluding hydrogens is 347 g/mol. The Bertz CT molecular complexity index is 847. The molecule has 0 spiro atoms. The molecule has 1 fully saturated rings. The maximum absolute atomic E-state index is 13.3. The van der Waals surface area contributed by atoms with Crippen molar-refractivity contribution in [2.45, 2.75) is 31.9 Å². The molecule has 1 amide bonds. The quantitative estimate of drug-likeness (QED) is 0.881. The smallest absolute Gasteiger partial charge is 0.264 e. The molecule has 0 saturated carbocycles. The first-order valence-corrected chi connectivity index (χ1v) is 9.15. The summed E-state index contributed by atoms with van der Waals surface area (Å²) >= 11 is 0. The van der Waals surface area contributed by atoms with Crippen LogP contribution in [0.1, 0.15) is 30.4 Å². The fraction of sp³-hybridized carbons (Fsp3) is 0.350. The van der Waals surface area contributed by atoms with E-state index >= 15 is 0 Å². The average molecular weight is 368 g/mol. The van der Waals surface area contributed by atoms with Crippen LogP contribution in [-0.2, 0) is 16.2 Å². The molecule has 0 aliphatic carbocycles. The number of nitrogens with zero attached hydrogens (tertiary/aromatic N) is 3. The zero-order valence-electron chi connectivity index (χ0n) is 14.9. The number of nitrogens with one attached hydrogen (secondary N) is 1. The number of amides is 1.